The Hall–Kier alpha value is -5.02. The predicted molar refractivity (Wildman–Crippen MR) is 177 cm³/mol. The van der Waals surface area contributed by atoms with Crippen LogP contribution >= 0.6 is 0 Å². The number of fused-ring (bicyclic) bond motifs is 3. The summed E-state index contributed by atoms with van der Waals surface area (Å²) in [5.74, 6) is 0.569. The lowest BCUT2D eigenvalue weighted by molar-refractivity contribution is 0.584. The van der Waals surface area contributed by atoms with Crippen LogP contribution < -0.4 is 0 Å². The third-order valence-corrected chi connectivity index (χ3v) is 8.09. The molecule has 204 valence electrons. The first-order valence-corrected chi connectivity index (χ1v) is 14.4. The SMILES string of the molecule is Cc1ccc(-c2cc(C(C)(C)C)cc3oc(-c4ccccc4N=Cc4cccc5ccccc45)nc23)c2ccccc12. The molecular weight excluding hydrogens is 512 g/mol. The average Bonchev–Trinajstić information content (AvgIpc) is 3.44. The summed E-state index contributed by atoms with van der Waals surface area (Å²) in [5.41, 5.74) is 9.05. The zero-order valence-corrected chi connectivity index (χ0v) is 24.3. The standard InChI is InChI=1S/C39H32N2O/c1-25-20-21-32(31-17-8-7-15-29(25)31)34-22-28(39(2,3)4)23-36-37(34)41-38(42-36)33-18-9-10-19-35(33)40-24-27-14-11-13-26-12-5-6-16-30(26)27/h5-24H,1-4H3. The number of aliphatic imine (C=N–C) groups is 1. The molecule has 7 rings (SSSR count). The molecule has 3 nitrogen and oxygen atoms in total. The third kappa shape index (κ3) is 4.57. The summed E-state index contributed by atoms with van der Waals surface area (Å²) in [4.78, 5) is 10.1. The Balaban J connectivity index is 1.40. The van der Waals surface area contributed by atoms with Gasteiger partial charge in [-0.2, -0.15) is 0 Å². The third-order valence-electron chi connectivity index (χ3n) is 8.09. The molecule has 0 aliphatic carbocycles. The Morgan fingerprint density at radius 1 is 0.667 bits per heavy atom. The van der Waals surface area contributed by atoms with Crippen LogP contribution in [0.5, 0.6) is 0 Å². The molecule has 0 saturated heterocycles. The molecule has 0 spiro atoms. The first-order chi connectivity index (χ1) is 20.4. The van der Waals surface area contributed by atoms with E-state index in [-0.39, 0.29) is 5.41 Å². The molecule has 3 heteroatoms. The fourth-order valence-electron chi connectivity index (χ4n) is 5.74. The quantitative estimate of drug-likeness (QED) is 0.207. The van der Waals surface area contributed by atoms with Gasteiger partial charge in [-0.05, 0) is 74.8 Å². The van der Waals surface area contributed by atoms with E-state index in [4.69, 9.17) is 14.4 Å². The highest BCUT2D eigenvalue weighted by Gasteiger charge is 2.22. The molecule has 1 aromatic heterocycles. The van der Waals surface area contributed by atoms with E-state index in [9.17, 15) is 0 Å². The fourth-order valence-corrected chi connectivity index (χ4v) is 5.74. The van der Waals surface area contributed by atoms with Crippen LogP contribution in [0, 0.1) is 6.92 Å². The topological polar surface area (TPSA) is 38.4 Å². The minimum Gasteiger partial charge on any atom is -0.436 e. The van der Waals surface area contributed by atoms with E-state index in [0.717, 1.165) is 39.0 Å². The maximum absolute atomic E-state index is 6.57. The molecule has 0 aliphatic rings. The molecule has 0 saturated carbocycles. The summed E-state index contributed by atoms with van der Waals surface area (Å²) in [6.45, 7) is 8.87. The molecule has 7 aromatic rings. The van der Waals surface area contributed by atoms with Crippen LogP contribution in [0.1, 0.15) is 37.5 Å². The average molecular weight is 545 g/mol. The summed E-state index contributed by atoms with van der Waals surface area (Å²) < 4.78 is 6.57. The molecule has 0 amide bonds. The molecular formula is C39H32N2O. The fraction of sp³-hybridized carbons (Fsp3) is 0.128. The van der Waals surface area contributed by atoms with Gasteiger partial charge in [0.25, 0.3) is 0 Å². The first-order valence-electron chi connectivity index (χ1n) is 14.4. The lowest BCUT2D eigenvalue weighted by Crippen LogP contribution is -2.11. The summed E-state index contributed by atoms with van der Waals surface area (Å²) in [6.07, 6.45) is 1.94. The summed E-state index contributed by atoms with van der Waals surface area (Å²) >= 11 is 0. The van der Waals surface area contributed by atoms with Gasteiger partial charge in [0.05, 0.1) is 11.3 Å². The maximum Gasteiger partial charge on any atom is 0.229 e. The van der Waals surface area contributed by atoms with Crippen LogP contribution in [-0.2, 0) is 5.41 Å². The highest BCUT2D eigenvalue weighted by molar-refractivity contribution is 6.05. The summed E-state index contributed by atoms with van der Waals surface area (Å²) in [5, 5.41) is 4.84. The smallest absolute Gasteiger partial charge is 0.229 e. The molecule has 0 bridgehead atoms. The van der Waals surface area contributed by atoms with Crippen molar-refractivity contribution in [3.05, 3.63) is 132 Å². The van der Waals surface area contributed by atoms with Gasteiger partial charge in [-0.1, -0.05) is 112 Å². The number of oxazole rings is 1. The lowest BCUT2D eigenvalue weighted by atomic mass is 9.84. The van der Waals surface area contributed by atoms with E-state index < -0.39 is 0 Å². The van der Waals surface area contributed by atoms with Gasteiger partial charge in [-0.3, -0.25) is 4.99 Å². The monoisotopic (exact) mass is 544 g/mol. The van der Waals surface area contributed by atoms with E-state index in [1.54, 1.807) is 0 Å². The van der Waals surface area contributed by atoms with E-state index >= 15 is 0 Å². The van der Waals surface area contributed by atoms with Crippen molar-refractivity contribution in [1.82, 2.24) is 4.98 Å². The van der Waals surface area contributed by atoms with Gasteiger partial charge in [0, 0.05) is 17.3 Å². The van der Waals surface area contributed by atoms with Crippen LogP contribution in [0.2, 0.25) is 0 Å². The number of aromatic nitrogens is 1. The van der Waals surface area contributed by atoms with E-state index in [0.29, 0.717) is 5.89 Å². The Labute approximate surface area is 246 Å². The Kier molecular flexibility index (Phi) is 6.24. The first kappa shape index (κ1) is 25.9. The normalized spacial score (nSPS) is 12.2. The largest absolute Gasteiger partial charge is 0.436 e. The van der Waals surface area contributed by atoms with Crippen LogP contribution in [0.15, 0.2) is 125 Å². The van der Waals surface area contributed by atoms with Crippen molar-refractivity contribution in [3.63, 3.8) is 0 Å². The number of hydrogen-bond donors (Lipinski definition) is 0. The maximum atomic E-state index is 6.57. The van der Waals surface area contributed by atoms with E-state index in [2.05, 4.69) is 119 Å². The van der Waals surface area contributed by atoms with Crippen molar-refractivity contribution in [1.29, 1.82) is 0 Å². The number of para-hydroxylation sites is 1. The van der Waals surface area contributed by atoms with Crippen LogP contribution in [0.25, 0.3) is 55.2 Å². The van der Waals surface area contributed by atoms with Gasteiger partial charge in [0.15, 0.2) is 5.58 Å². The number of rotatable bonds is 4. The minimum absolute atomic E-state index is 0.0585. The highest BCUT2D eigenvalue weighted by atomic mass is 16.3. The van der Waals surface area contributed by atoms with Gasteiger partial charge in [-0.15, -0.1) is 0 Å². The second-order valence-electron chi connectivity index (χ2n) is 12.0. The molecule has 0 aliphatic heterocycles. The minimum atomic E-state index is -0.0585. The number of hydrogen-bond acceptors (Lipinski definition) is 3. The van der Waals surface area contributed by atoms with E-state index in [1.165, 1.54) is 32.7 Å². The number of nitrogens with zero attached hydrogens (tertiary/aromatic N) is 2. The zero-order valence-electron chi connectivity index (χ0n) is 24.3. The van der Waals surface area contributed by atoms with Crippen molar-refractivity contribution >= 4 is 44.5 Å². The molecule has 0 fully saturated rings. The molecule has 6 aromatic carbocycles. The molecule has 0 N–H and O–H groups in total. The predicted octanol–water partition coefficient (Wildman–Crippen LogP) is 10.8. The van der Waals surface area contributed by atoms with Crippen molar-refractivity contribution < 1.29 is 4.42 Å². The van der Waals surface area contributed by atoms with E-state index in [1.807, 2.05) is 30.5 Å². The summed E-state index contributed by atoms with van der Waals surface area (Å²) in [6, 6.07) is 40.2. The zero-order chi connectivity index (χ0) is 28.8. The van der Waals surface area contributed by atoms with Crippen LogP contribution in [0.4, 0.5) is 5.69 Å². The van der Waals surface area contributed by atoms with Gasteiger partial charge in [-0.25, -0.2) is 4.98 Å². The van der Waals surface area contributed by atoms with Gasteiger partial charge in [0.2, 0.25) is 5.89 Å². The second-order valence-corrected chi connectivity index (χ2v) is 12.0. The van der Waals surface area contributed by atoms with Crippen molar-refractivity contribution in [2.45, 2.75) is 33.1 Å². The van der Waals surface area contributed by atoms with Gasteiger partial charge < -0.3 is 4.42 Å². The number of benzene rings is 6. The molecule has 42 heavy (non-hydrogen) atoms. The van der Waals surface area contributed by atoms with Crippen LogP contribution in [0.3, 0.4) is 0 Å². The van der Waals surface area contributed by atoms with Crippen molar-refractivity contribution in [2.24, 2.45) is 4.99 Å². The van der Waals surface area contributed by atoms with Crippen LogP contribution in [-0.4, -0.2) is 11.2 Å². The van der Waals surface area contributed by atoms with Crippen molar-refractivity contribution in [3.8, 4) is 22.6 Å². The molecule has 1 heterocycles. The Morgan fingerprint density at radius 2 is 1.38 bits per heavy atom. The Bertz CT molecular complexity index is 2140. The molecule has 0 radical (unpaired) electrons. The molecule has 0 unspecified atom stereocenters. The number of aryl methyl sites for hydroxylation is 1. The summed E-state index contributed by atoms with van der Waals surface area (Å²) in [7, 11) is 0. The second kappa shape index (κ2) is 10.1. The van der Waals surface area contributed by atoms with Gasteiger partial charge in [0.1, 0.15) is 5.52 Å². The Morgan fingerprint density at radius 3 is 2.21 bits per heavy atom. The molecule has 0 atom stereocenters. The van der Waals surface area contributed by atoms with Gasteiger partial charge >= 0.3 is 0 Å². The highest BCUT2D eigenvalue weighted by Crippen LogP contribution is 2.41. The van der Waals surface area contributed by atoms with Crippen molar-refractivity contribution in [2.75, 3.05) is 0 Å². The lowest BCUT2D eigenvalue weighted by Gasteiger charge is -2.20.